The smallest absolute Gasteiger partial charge is 0.308 e. The number of guanidine groups is 1. The van der Waals surface area contributed by atoms with Gasteiger partial charge in [0.05, 0.1) is 19.6 Å². The second-order valence-electron chi connectivity index (χ2n) is 6.82. The summed E-state index contributed by atoms with van der Waals surface area (Å²) in [6.07, 6.45) is 1.65. The zero-order valence-corrected chi connectivity index (χ0v) is 16.0. The molecule has 0 spiro atoms. The Hall–Kier alpha value is -1.56. The third-order valence-corrected chi connectivity index (χ3v) is 5.71. The van der Waals surface area contributed by atoms with Crippen LogP contribution in [0.1, 0.15) is 38.5 Å². The van der Waals surface area contributed by atoms with Crippen molar-refractivity contribution >= 4 is 23.3 Å². The van der Waals surface area contributed by atoms with E-state index in [2.05, 4.69) is 48.5 Å². The topological polar surface area (TPSA) is 53.9 Å². The van der Waals surface area contributed by atoms with E-state index in [-0.39, 0.29) is 17.3 Å². The van der Waals surface area contributed by atoms with Crippen LogP contribution >= 0.6 is 11.3 Å². The van der Waals surface area contributed by atoms with Crippen molar-refractivity contribution in [1.29, 1.82) is 0 Å². The molecule has 6 heteroatoms. The van der Waals surface area contributed by atoms with Gasteiger partial charge in [-0.3, -0.25) is 9.79 Å². The van der Waals surface area contributed by atoms with Crippen LogP contribution in [0.4, 0.5) is 0 Å². The number of esters is 1. The normalized spacial score (nSPS) is 17.0. The number of piperidine rings is 1. The number of aliphatic imine (C=N–C) groups is 1. The molecule has 0 amide bonds. The fourth-order valence-electron chi connectivity index (χ4n) is 2.93. The van der Waals surface area contributed by atoms with Gasteiger partial charge < -0.3 is 15.0 Å². The first kappa shape index (κ1) is 18.8. The molecule has 0 atom stereocenters. The maximum absolute atomic E-state index is 11.7. The average Bonchev–Trinajstić information content (AvgIpc) is 3.13. The van der Waals surface area contributed by atoms with Gasteiger partial charge in [-0.25, -0.2) is 0 Å². The van der Waals surface area contributed by atoms with Crippen molar-refractivity contribution in [3.05, 3.63) is 22.4 Å². The molecule has 1 aromatic rings. The summed E-state index contributed by atoms with van der Waals surface area (Å²) in [6, 6.07) is 4.27. The second kappa shape index (κ2) is 8.51. The molecule has 1 fully saturated rings. The molecule has 0 radical (unpaired) electrons. The Kier molecular flexibility index (Phi) is 6.66. The highest BCUT2D eigenvalue weighted by Crippen LogP contribution is 2.28. The highest BCUT2D eigenvalue weighted by molar-refractivity contribution is 7.10. The first-order valence-electron chi connectivity index (χ1n) is 8.63. The predicted molar refractivity (Wildman–Crippen MR) is 99.6 cm³/mol. The monoisotopic (exact) mass is 351 g/mol. The number of carbonyl (C=O) groups excluding carboxylic acids is 1. The summed E-state index contributed by atoms with van der Waals surface area (Å²) in [6.45, 7) is 9.81. The van der Waals surface area contributed by atoms with Crippen molar-refractivity contribution in [2.24, 2.45) is 10.9 Å². The minimum absolute atomic E-state index is 0.0247. The Morgan fingerprint density at radius 3 is 2.71 bits per heavy atom. The van der Waals surface area contributed by atoms with Gasteiger partial charge in [-0.1, -0.05) is 19.9 Å². The van der Waals surface area contributed by atoms with Crippen molar-refractivity contribution in [3.63, 3.8) is 0 Å². The van der Waals surface area contributed by atoms with E-state index < -0.39 is 0 Å². The third-order valence-electron chi connectivity index (χ3n) is 4.48. The number of nitrogens with one attached hydrogen (secondary N) is 1. The van der Waals surface area contributed by atoms with Gasteiger partial charge in [0.25, 0.3) is 0 Å². The van der Waals surface area contributed by atoms with Crippen LogP contribution in [0.15, 0.2) is 22.5 Å². The number of thiophene rings is 1. The molecular formula is C18H29N3O2S. The minimum Gasteiger partial charge on any atom is -0.469 e. The van der Waals surface area contributed by atoms with E-state index in [0.717, 1.165) is 45.0 Å². The number of methoxy groups -OCH3 is 1. The molecule has 1 aromatic heterocycles. The molecule has 0 unspecified atom stereocenters. The Morgan fingerprint density at radius 2 is 2.17 bits per heavy atom. The SMILES string of the molecule is CCNC(=NCC(C)(C)c1cccs1)N1CCC(C(=O)OC)CC1. The maximum Gasteiger partial charge on any atom is 0.308 e. The molecule has 0 aromatic carbocycles. The van der Waals surface area contributed by atoms with Gasteiger partial charge in [-0.15, -0.1) is 11.3 Å². The lowest BCUT2D eigenvalue weighted by Gasteiger charge is -2.33. The van der Waals surface area contributed by atoms with Gasteiger partial charge in [-0.05, 0) is 31.2 Å². The molecular weight excluding hydrogens is 322 g/mol. The van der Waals surface area contributed by atoms with Crippen molar-refractivity contribution in [1.82, 2.24) is 10.2 Å². The van der Waals surface area contributed by atoms with E-state index in [9.17, 15) is 4.79 Å². The van der Waals surface area contributed by atoms with Crippen molar-refractivity contribution < 1.29 is 9.53 Å². The fourth-order valence-corrected chi connectivity index (χ4v) is 3.78. The molecule has 1 aliphatic heterocycles. The number of hydrogen-bond acceptors (Lipinski definition) is 4. The molecule has 5 nitrogen and oxygen atoms in total. The number of ether oxygens (including phenoxy) is 1. The zero-order chi connectivity index (χ0) is 17.6. The number of carbonyl (C=O) groups is 1. The molecule has 1 aliphatic rings. The van der Waals surface area contributed by atoms with Crippen molar-refractivity contribution in [2.75, 3.05) is 33.3 Å². The van der Waals surface area contributed by atoms with Crippen LogP contribution in [-0.2, 0) is 14.9 Å². The first-order chi connectivity index (χ1) is 11.5. The van der Waals surface area contributed by atoms with Gasteiger partial charge in [0.1, 0.15) is 0 Å². The Balaban J connectivity index is 2.00. The largest absolute Gasteiger partial charge is 0.469 e. The molecule has 2 rings (SSSR count). The first-order valence-corrected chi connectivity index (χ1v) is 9.51. The standard InChI is InChI=1S/C18H29N3O2S/c1-5-19-17(20-13-18(2,3)15-7-6-12-24-15)21-10-8-14(9-11-21)16(22)23-4/h6-7,12,14H,5,8-11,13H2,1-4H3,(H,19,20). The van der Waals surface area contributed by atoms with Gasteiger partial charge in [0.2, 0.25) is 0 Å². The predicted octanol–water partition coefficient (Wildman–Crippen LogP) is 2.88. The summed E-state index contributed by atoms with van der Waals surface area (Å²) in [5.41, 5.74) is 0.0270. The average molecular weight is 352 g/mol. The lowest BCUT2D eigenvalue weighted by Crippen LogP contribution is -2.47. The Labute approximate surface area is 149 Å². The molecule has 134 valence electrons. The fraction of sp³-hybridized carbons (Fsp3) is 0.667. The number of rotatable bonds is 5. The summed E-state index contributed by atoms with van der Waals surface area (Å²) in [4.78, 5) is 20.2. The summed E-state index contributed by atoms with van der Waals surface area (Å²) < 4.78 is 4.86. The van der Waals surface area contributed by atoms with Crippen LogP contribution in [0.25, 0.3) is 0 Å². The minimum atomic E-state index is -0.0876. The van der Waals surface area contributed by atoms with Crippen LogP contribution in [0.2, 0.25) is 0 Å². The van der Waals surface area contributed by atoms with Gasteiger partial charge in [0.15, 0.2) is 5.96 Å². The summed E-state index contributed by atoms with van der Waals surface area (Å²) >= 11 is 1.78. The van der Waals surface area contributed by atoms with E-state index >= 15 is 0 Å². The highest BCUT2D eigenvalue weighted by atomic mass is 32.1. The van der Waals surface area contributed by atoms with Crippen LogP contribution < -0.4 is 5.32 Å². The summed E-state index contributed by atoms with van der Waals surface area (Å²) in [5.74, 6) is 0.887. The molecule has 1 N–H and O–H groups in total. The molecule has 0 saturated carbocycles. The zero-order valence-electron chi connectivity index (χ0n) is 15.2. The quantitative estimate of drug-likeness (QED) is 0.503. The number of hydrogen-bond donors (Lipinski definition) is 1. The number of nitrogens with zero attached hydrogens (tertiary/aromatic N) is 2. The Morgan fingerprint density at radius 1 is 1.46 bits per heavy atom. The molecule has 2 heterocycles. The van der Waals surface area contributed by atoms with E-state index in [1.807, 2.05) is 0 Å². The van der Waals surface area contributed by atoms with Crippen LogP contribution in [-0.4, -0.2) is 50.1 Å². The molecule has 24 heavy (non-hydrogen) atoms. The summed E-state index contributed by atoms with van der Waals surface area (Å²) in [5, 5.41) is 5.51. The van der Waals surface area contributed by atoms with Gasteiger partial charge >= 0.3 is 5.97 Å². The van der Waals surface area contributed by atoms with Crippen LogP contribution in [0.3, 0.4) is 0 Å². The van der Waals surface area contributed by atoms with Crippen molar-refractivity contribution in [2.45, 2.75) is 39.0 Å². The van der Waals surface area contributed by atoms with Crippen LogP contribution in [0.5, 0.6) is 0 Å². The van der Waals surface area contributed by atoms with E-state index in [1.54, 1.807) is 11.3 Å². The van der Waals surface area contributed by atoms with Gasteiger partial charge in [-0.2, -0.15) is 0 Å². The maximum atomic E-state index is 11.7. The van der Waals surface area contributed by atoms with Gasteiger partial charge in [0, 0.05) is 29.9 Å². The summed E-state index contributed by atoms with van der Waals surface area (Å²) in [7, 11) is 1.47. The Bertz CT molecular complexity index is 547. The second-order valence-corrected chi connectivity index (χ2v) is 7.76. The lowest BCUT2D eigenvalue weighted by molar-refractivity contribution is -0.146. The lowest BCUT2D eigenvalue weighted by atomic mass is 9.92. The van der Waals surface area contributed by atoms with E-state index in [0.29, 0.717) is 0 Å². The van der Waals surface area contributed by atoms with E-state index in [4.69, 9.17) is 9.73 Å². The van der Waals surface area contributed by atoms with E-state index in [1.165, 1.54) is 12.0 Å². The third kappa shape index (κ3) is 4.72. The van der Waals surface area contributed by atoms with Crippen LogP contribution in [0, 0.1) is 5.92 Å². The number of likely N-dealkylation sites (tertiary alicyclic amines) is 1. The molecule has 0 aliphatic carbocycles. The molecule has 1 saturated heterocycles. The highest BCUT2D eigenvalue weighted by Gasteiger charge is 2.28. The molecule has 0 bridgehead atoms. The van der Waals surface area contributed by atoms with Crippen molar-refractivity contribution in [3.8, 4) is 0 Å².